The predicted octanol–water partition coefficient (Wildman–Crippen LogP) is 1.27. The summed E-state index contributed by atoms with van der Waals surface area (Å²) >= 11 is 0. The minimum absolute atomic E-state index is 0.0598. The van der Waals surface area contributed by atoms with Crippen molar-refractivity contribution in [3.05, 3.63) is 30.3 Å². The van der Waals surface area contributed by atoms with Gasteiger partial charge in [-0.25, -0.2) is 0 Å². The fraction of sp³-hybridized carbons (Fsp3) is 0.533. The molecule has 0 bridgehead atoms. The number of para-hydroxylation sites is 1. The van der Waals surface area contributed by atoms with E-state index in [-0.39, 0.29) is 5.91 Å². The molecule has 1 N–H and O–H groups in total. The lowest BCUT2D eigenvalue weighted by molar-refractivity contribution is -0.121. The standard InChI is InChI=1S/C15H23N3O2/c1-17(14-6-3-2-4-7-14)16-15(19)8-5-9-18-10-12-20-13-11-18/h2-4,6-7H,5,8-13H2,1H3,(H,16,19). The number of amides is 1. The van der Waals surface area contributed by atoms with Crippen molar-refractivity contribution >= 4 is 11.6 Å². The molecule has 0 spiro atoms. The molecule has 1 amide bonds. The lowest BCUT2D eigenvalue weighted by Crippen LogP contribution is -2.40. The molecule has 0 saturated carbocycles. The fourth-order valence-corrected chi connectivity index (χ4v) is 2.25. The van der Waals surface area contributed by atoms with Crippen molar-refractivity contribution in [1.29, 1.82) is 0 Å². The highest BCUT2D eigenvalue weighted by Crippen LogP contribution is 2.08. The van der Waals surface area contributed by atoms with E-state index in [1.54, 1.807) is 5.01 Å². The highest BCUT2D eigenvalue weighted by atomic mass is 16.5. The van der Waals surface area contributed by atoms with E-state index >= 15 is 0 Å². The lowest BCUT2D eigenvalue weighted by Gasteiger charge is -2.26. The van der Waals surface area contributed by atoms with Crippen molar-refractivity contribution in [2.75, 3.05) is 44.9 Å². The van der Waals surface area contributed by atoms with Crippen molar-refractivity contribution < 1.29 is 9.53 Å². The highest BCUT2D eigenvalue weighted by molar-refractivity contribution is 5.77. The third kappa shape index (κ3) is 4.83. The minimum Gasteiger partial charge on any atom is -0.379 e. The Hall–Kier alpha value is -1.59. The van der Waals surface area contributed by atoms with Gasteiger partial charge in [-0.1, -0.05) is 18.2 Å². The molecule has 0 aromatic heterocycles. The maximum atomic E-state index is 11.9. The van der Waals surface area contributed by atoms with E-state index in [0.29, 0.717) is 6.42 Å². The van der Waals surface area contributed by atoms with Crippen LogP contribution in [0.5, 0.6) is 0 Å². The van der Waals surface area contributed by atoms with Crippen LogP contribution < -0.4 is 10.4 Å². The quantitative estimate of drug-likeness (QED) is 0.795. The molecule has 20 heavy (non-hydrogen) atoms. The van der Waals surface area contributed by atoms with Gasteiger partial charge in [-0.15, -0.1) is 0 Å². The normalized spacial score (nSPS) is 15.8. The van der Waals surface area contributed by atoms with E-state index < -0.39 is 0 Å². The average molecular weight is 277 g/mol. The maximum absolute atomic E-state index is 11.9. The van der Waals surface area contributed by atoms with E-state index in [1.807, 2.05) is 37.4 Å². The van der Waals surface area contributed by atoms with Gasteiger partial charge in [-0.2, -0.15) is 0 Å². The summed E-state index contributed by atoms with van der Waals surface area (Å²) in [5.41, 5.74) is 3.87. The van der Waals surface area contributed by atoms with Crippen LogP contribution in [-0.4, -0.2) is 50.7 Å². The summed E-state index contributed by atoms with van der Waals surface area (Å²) in [6.07, 6.45) is 1.43. The number of morpholine rings is 1. The number of anilines is 1. The Morgan fingerprint density at radius 2 is 2.00 bits per heavy atom. The van der Waals surface area contributed by atoms with Gasteiger partial charge in [0.1, 0.15) is 0 Å². The van der Waals surface area contributed by atoms with Gasteiger partial charge in [-0.05, 0) is 25.1 Å². The largest absolute Gasteiger partial charge is 0.379 e. The minimum atomic E-state index is 0.0598. The predicted molar refractivity (Wildman–Crippen MR) is 79.5 cm³/mol. The Morgan fingerprint density at radius 1 is 1.30 bits per heavy atom. The van der Waals surface area contributed by atoms with Crippen LogP contribution in [0.25, 0.3) is 0 Å². The van der Waals surface area contributed by atoms with Crippen LogP contribution in [0.4, 0.5) is 5.69 Å². The fourth-order valence-electron chi connectivity index (χ4n) is 2.25. The van der Waals surface area contributed by atoms with Gasteiger partial charge in [0.25, 0.3) is 0 Å². The summed E-state index contributed by atoms with van der Waals surface area (Å²) in [6, 6.07) is 9.80. The van der Waals surface area contributed by atoms with E-state index in [1.165, 1.54) is 0 Å². The first kappa shape index (κ1) is 14.8. The Balaban J connectivity index is 1.65. The average Bonchev–Trinajstić information content (AvgIpc) is 2.49. The number of carbonyl (C=O) groups is 1. The van der Waals surface area contributed by atoms with Crippen LogP contribution in [0.15, 0.2) is 30.3 Å². The van der Waals surface area contributed by atoms with Gasteiger partial charge in [0.2, 0.25) is 5.91 Å². The maximum Gasteiger partial charge on any atom is 0.238 e. The highest BCUT2D eigenvalue weighted by Gasteiger charge is 2.11. The SMILES string of the molecule is CN(NC(=O)CCCN1CCOCC1)c1ccccc1. The first-order valence-corrected chi connectivity index (χ1v) is 7.14. The van der Waals surface area contributed by atoms with Crippen LogP contribution in [0.3, 0.4) is 0 Å². The van der Waals surface area contributed by atoms with Gasteiger partial charge in [0, 0.05) is 26.6 Å². The van der Waals surface area contributed by atoms with Crippen LogP contribution in [0, 0.1) is 0 Å². The number of hydrogen-bond acceptors (Lipinski definition) is 4. The first-order chi connectivity index (χ1) is 9.75. The summed E-state index contributed by atoms with van der Waals surface area (Å²) in [5, 5.41) is 1.76. The summed E-state index contributed by atoms with van der Waals surface area (Å²) in [6.45, 7) is 4.54. The number of hydrazine groups is 1. The van der Waals surface area contributed by atoms with Gasteiger partial charge in [0.15, 0.2) is 0 Å². The number of rotatable bonds is 6. The molecule has 110 valence electrons. The van der Waals surface area contributed by atoms with E-state index in [4.69, 9.17) is 4.74 Å². The van der Waals surface area contributed by atoms with Crippen molar-refractivity contribution in [1.82, 2.24) is 10.3 Å². The molecule has 0 unspecified atom stereocenters. The van der Waals surface area contributed by atoms with Crippen LogP contribution in [-0.2, 0) is 9.53 Å². The number of ether oxygens (including phenoxy) is 1. The molecule has 1 saturated heterocycles. The monoisotopic (exact) mass is 277 g/mol. The van der Waals surface area contributed by atoms with Crippen LogP contribution in [0.2, 0.25) is 0 Å². The first-order valence-electron chi connectivity index (χ1n) is 7.14. The molecule has 1 fully saturated rings. The summed E-state index contributed by atoms with van der Waals surface area (Å²) in [5.74, 6) is 0.0598. The summed E-state index contributed by atoms with van der Waals surface area (Å²) in [7, 11) is 1.86. The second kappa shape index (κ2) is 7.87. The smallest absolute Gasteiger partial charge is 0.238 e. The van der Waals surface area contributed by atoms with Crippen molar-refractivity contribution in [3.8, 4) is 0 Å². The van der Waals surface area contributed by atoms with Gasteiger partial charge in [0.05, 0.1) is 18.9 Å². The lowest BCUT2D eigenvalue weighted by atomic mass is 10.2. The molecular weight excluding hydrogens is 254 g/mol. The van der Waals surface area contributed by atoms with Crippen molar-refractivity contribution in [3.63, 3.8) is 0 Å². The van der Waals surface area contributed by atoms with Crippen LogP contribution >= 0.6 is 0 Å². The van der Waals surface area contributed by atoms with Crippen molar-refractivity contribution in [2.24, 2.45) is 0 Å². The Labute approximate surface area is 120 Å². The number of hydrogen-bond donors (Lipinski definition) is 1. The second-order valence-electron chi connectivity index (χ2n) is 4.99. The molecular formula is C15H23N3O2. The third-order valence-corrected chi connectivity index (χ3v) is 3.42. The molecule has 5 heteroatoms. The van der Waals surface area contributed by atoms with Gasteiger partial charge in [-0.3, -0.25) is 20.1 Å². The summed E-state index contributed by atoms with van der Waals surface area (Å²) < 4.78 is 5.30. The molecule has 1 aliphatic rings. The molecule has 5 nitrogen and oxygen atoms in total. The number of benzene rings is 1. The van der Waals surface area contributed by atoms with Crippen molar-refractivity contribution in [2.45, 2.75) is 12.8 Å². The van der Waals surface area contributed by atoms with E-state index in [0.717, 1.165) is 45.0 Å². The zero-order chi connectivity index (χ0) is 14.2. The number of nitrogens with zero attached hydrogens (tertiary/aromatic N) is 2. The molecule has 0 radical (unpaired) electrons. The molecule has 0 atom stereocenters. The van der Waals surface area contributed by atoms with Crippen LogP contribution in [0.1, 0.15) is 12.8 Å². The van der Waals surface area contributed by atoms with E-state index in [2.05, 4.69) is 10.3 Å². The molecule has 1 heterocycles. The third-order valence-electron chi connectivity index (χ3n) is 3.42. The Bertz CT molecular complexity index is 405. The Kier molecular flexibility index (Phi) is 5.83. The Morgan fingerprint density at radius 3 is 2.70 bits per heavy atom. The van der Waals surface area contributed by atoms with Gasteiger partial charge < -0.3 is 4.74 Å². The topological polar surface area (TPSA) is 44.8 Å². The molecule has 0 aliphatic carbocycles. The molecule has 1 aliphatic heterocycles. The molecule has 2 rings (SSSR count). The number of carbonyl (C=O) groups excluding carboxylic acids is 1. The van der Waals surface area contributed by atoms with Gasteiger partial charge >= 0.3 is 0 Å². The second-order valence-corrected chi connectivity index (χ2v) is 4.99. The number of nitrogens with one attached hydrogen (secondary N) is 1. The molecule has 1 aromatic rings. The molecule has 1 aromatic carbocycles. The summed E-state index contributed by atoms with van der Waals surface area (Å²) in [4.78, 5) is 14.2. The zero-order valence-electron chi connectivity index (χ0n) is 12.0. The zero-order valence-corrected chi connectivity index (χ0v) is 12.0. The van der Waals surface area contributed by atoms with E-state index in [9.17, 15) is 4.79 Å².